The van der Waals surface area contributed by atoms with Crippen molar-refractivity contribution in [3.8, 4) is 11.5 Å². The van der Waals surface area contributed by atoms with Crippen molar-refractivity contribution in [1.29, 1.82) is 0 Å². The molecule has 4 nitrogen and oxygen atoms in total. The van der Waals surface area contributed by atoms with Crippen molar-refractivity contribution < 1.29 is 20.1 Å². The van der Waals surface area contributed by atoms with Crippen molar-refractivity contribution in [2.45, 2.75) is 19.8 Å². The first kappa shape index (κ1) is 17.3. The SMILES string of the molecule is C=C(C)CCc1c(O)cc(/C=C/c2ccccc2)c(C(=O)O)c1O. The number of hydrogen-bond donors (Lipinski definition) is 3. The van der Waals surface area contributed by atoms with Gasteiger partial charge in [-0.2, -0.15) is 0 Å². The third kappa shape index (κ3) is 4.04. The molecule has 2 aromatic carbocycles. The molecular weight excluding hydrogens is 304 g/mol. The third-order valence-electron chi connectivity index (χ3n) is 3.68. The van der Waals surface area contributed by atoms with Gasteiger partial charge in [0.05, 0.1) is 0 Å². The van der Waals surface area contributed by atoms with Gasteiger partial charge in [0, 0.05) is 5.56 Å². The molecule has 0 fully saturated rings. The van der Waals surface area contributed by atoms with Crippen LogP contribution in [0.4, 0.5) is 0 Å². The summed E-state index contributed by atoms with van der Waals surface area (Å²) >= 11 is 0. The average molecular weight is 324 g/mol. The molecule has 0 aliphatic carbocycles. The molecule has 0 aliphatic heterocycles. The summed E-state index contributed by atoms with van der Waals surface area (Å²) in [6, 6.07) is 10.7. The van der Waals surface area contributed by atoms with Crippen LogP contribution in [0.15, 0.2) is 48.6 Å². The van der Waals surface area contributed by atoms with E-state index < -0.39 is 11.7 Å². The summed E-state index contributed by atoms with van der Waals surface area (Å²) in [7, 11) is 0. The predicted octanol–water partition coefficient (Wildman–Crippen LogP) is 4.48. The number of phenolic OH excluding ortho intramolecular Hbond substituents is 1. The Labute approximate surface area is 141 Å². The largest absolute Gasteiger partial charge is 0.508 e. The minimum atomic E-state index is -1.24. The Balaban J connectivity index is 2.46. The molecule has 0 bridgehead atoms. The topological polar surface area (TPSA) is 77.8 Å². The van der Waals surface area contributed by atoms with Crippen LogP contribution in [0, 0.1) is 0 Å². The highest BCUT2D eigenvalue weighted by atomic mass is 16.4. The second-order valence-corrected chi connectivity index (χ2v) is 5.69. The summed E-state index contributed by atoms with van der Waals surface area (Å²) in [6.07, 6.45) is 4.18. The minimum absolute atomic E-state index is 0.119. The van der Waals surface area contributed by atoms with Crippen LogP contribution in [-0.4, -0.2) is 21.3 Å². The number of hydrogen-bond acceptors (Lipinski definition) is 3. The fraction of sp³-hybridized carbons (Fsp3) is 0.150. The number of benzene rings is 2. The van der Waals surface area contributed by atoms with Gasteiger partial charge in [0.25, 0.3) is 0 Å². The molecule has 0 aliphatic rings. The Morgan fingerprint density at radius 3 is 2.42 bits per heavy atom. The van der Waals surface area contributed by atoms with E-state index in [-0.39, 0.29) is 22.4 Å². The summed E-state index contributed by atoms with van der Waals surface area (Å²) in [6.45, 7) is 5.61. The highest BCUT2D eigenvalue weighted by molar-refractivity contribution is 5.97. The Morgan fingerprint density at radius 1 is 1.17 bits per heavy atom. The molecule has 124 valence electrons. The Morgan fingerprint density at radius 2 is 1.83 bits per heavy atom. The smallest absolute Gasteiger partial charge is 0.340 e. The average Bonchev–Trinajstić information content (AvgIpc) is 2.52. The molecule has 0 aromatic heterocycles. The van der Waals surface area contributed by atoms with E-state index in [2.05, 4.69) is 6.58 Å². The van der Waals surface area contributed by atoms with E-state index in [9.17, 15) is 20.1 Å². The Kier molecular flexibility index (Phi) is 5.42. The highest BCUT2D eigenvalue weighted by Gasteiger charge is 2.21. The highest BCUT2D eigenvalue weighted by Crippen LogP contribution is 2.36. The van der Waals surface area contributed by atoms with Gasteiger partial charge in [0.15, 0.2) is 0 Å². The van der Waals surface area contributed by atoms with E-state index >= 15 is 0 Å². The van der Waals surface area contributed by atoms with Gasteiger partial charge in [-0.3, -0.25) is 0 Å². The number of carboxylic acids is 1. The van der Waals surface area contributed by atoms with Crippen LogP contribution in [-0.2, 0) is 6.42 Å². The number of allylic oxidation sites excluding steroid dienone is 1. The predicted molar refractivity (Wildman–Crippen MR) is 95.2 cm³/mol. The number of rotatable bonds is 6. The van der Waals surface area contributed by atoms with E-state index in [1.54, 1.807) is 12.2 Å². The van der Waals surface area contributed by atoms with Gasteiger partial charge >= 0.3 is 5.97 Å². The molecule has 0 radical (unpaired) electrons. The zero-order chi connectivity index (χ0) is 17.7. The van der Waals surface area contributed by atoms with Crippen LogP contribution in [0.1, 0.15) is 40.4 Å². The quantitative estimate of drug-likeness (QED) is 0.541. The second-order valence-electron chi connectivity index (χ2n) is 5.69. The molecule has 0 unspecified atom stereocenters. The lowest BCUT2D eigenvalue weighted by atomic mass is 9.96. The van der Waals surface area contributed by atoms with Gasteiger partial charge in [-0.15, -0.1) is 6.58 Å². The van der Waals surface area contributed by atoms with E-state index in [0.717, 1.165) is 11.1 Å². The van der Waals surface area contributed by atoms with Crippen molar-refractivity contribution >= 4 is 18.1 Å². The van der Waals surface area contributed by atoms with Crippen molar-refractivity contribution in [3.05, 3.63) is 70.8 Å². The molecule has 0 atom stereocenters. The molecular formula is C20H20O4. The third-order valence-corrected chi connectivity index (χ3v) is 3.68. The first-order valence-corrected chi connectivity index (χ1v) is 7.58. The fourth-order valence-electron chi connectivity index (χ4n) is 2.41. The zero-order valence-electron chi connectivity index (χ0n) is 13.5. The number of carboxylic acid groups (broad SMARTS) is 1. The first-order valence-electron chi connectivity index (χ1n) is 7.58. The molecule has 0 saturated carbocycles. The summed E-state index contributed by atoms with van der Waals surface area (Å²) < 4.78 is 0. The molecule has 4 heteroatoms. The van der Waals surface area contributed by atoms with Gasteiger partial charge < -0.3 is 15.3 Å². The number of aromatic hydroxyl groups is 2. The lowest BCUT2D eigenvalue weighted by Crippen LogP contribution is -2.03. The van der Waals surface area contributed by atoms with Crippen LogP contribution in [0.25, 0.3) is 12.2 Å². The first-order chi connectivity index (χ1) is 11.4. The van der Waals surface area contributed by atoms with Crippen LogP contribution >= 0.6 is 0 Å². The van der Waals surface area contributed by atoms with Crippen molar-refractivity contribution in [2.24, 2.45) is 0 Å². The van der Waals surface area contributed by atoms with Crippen molar-refractivity contribution in [3.63, 3.8) is 0 Å². The minimum Gasteiger partial charge on any atom is -0.508 e. The summed E-state index contributed by atoms with van der Waals surface area (Å²) in [4.78, 5) is 11.6. The Hall–Kier alpha value is -3.01. The van der Waals surface area contributed by atoms with Crippen molar-refractivity contribution in [1.82, 2.24) is 0 Å². The maximum atomic E-state index is 11.6. The van der Waals surface area contributed by atoms with Crippen molar-refractivity contribution in [2.75, 3.05) is 0 Å². The van der Waals surface area contributed by atoms with E-state index in [4.69, 9.17) is 0 Å². The molecule has 0 spiro atoms. The molecule has 0 heterocycles. The van der Waals surface area contributed by atoms with Crippen LogP contribution in [0.3, 0.4) is 0 Å². The van der Waals surface area contributed by atoms with E-state index in [0.29, 0.717) is 12.8 Å². The monoisotopic (exact) mass is 324 g/mol. The summed E-state index contributed by atoms with van der Waals surface area (Å²) in [5.74, 6) is -1.75. The fourth-order valence-corrected chi connectivity index (χ4v) is 2.41. The normalized spacial score (nSPS) is 10.9. The maximum Gasteiger partial charge on any atom is 0.340 e. The lowest BCUT2D eigenvalue weighted by Gasteiger charge is -2.12. The molecule has 24 heavy (non-hydrogen) atoms. The lowest BCUT2D eigenvalue weighted by molar-refractivity contribution is 0.0693. The number of carbonyl (C=O) groups is 1. The molecule has 0 saturated heterocycles. The maximum absolute atomic E-state index is 11.6. The van der Waals surface area contributed by atoms with Gasteiger partial charge in [0.1, 0.15) is 17.1 Å². The van der Waals surface area contributed by atoms with E-state index in [1.807, 2.05) is 37.3 Å². The molecule has 3 N–H and O–H groups in total. The molecule has 0 amide bonds. The van der Waals surface area contributed by atoms with E-state index in [1.165, 1.54) is 6.07 Å². The number of aromatic carboxylic acids is 1. The van der Waals surface area contributed by atoms with Crippen LogP contribution < -0.4 is 0 Å². The summed E-state index contributed by atoms with van der Waals surface area (Å²) in [5.41, 5.74) is 2.04. The number of phenols is 2. The zero-order valence-corrected chi connectivity index (χ0v) is 13.5. The van der Waals surface area contributed by atoms with Crippen LogP contribution in [0.5, 0.6) is 11.5 Å². The van der Waals surface area contributed by atoms with Crippen LogP contribution in [0.2, 0.25) is 0 Å². The second kappa shape index (κ2) is 7.51. The van der Waals surface area contributed by atoms with Gasteiger partial charge in [-0.05, 0) is 37.0 Å². The van der Waals surface area contributed by atoms with Gasteiger partial charge in [0.2, 0.25) is 0 Å². The molecule has 2 aromatic rings. The summed E-state index contributed by atoms with van der Waals surface area (Å²) in [5, 5.41) is 29.9. The van der Waals surface area contributed by atoms with Gasteiger partial charge in [-0.25, -0.2) is 4.79 Å². The standard InChI is InChI=1S/C20H20O4/c1-13(2)8-11-16-17(21)12-15(18(19(16)22)20(23)24)10-9-14-6-4-3-5-7-14/h3-7,9-10,12,21-22H,1,8,11H2,2H3,(H,23,24)/b10-9+. The Bertz CT molecular complexity index is 789. The molecule has 2 rings (SSSR count). The van der Waals surface area contributed by atoms with Gasteiger partial charge in [-0.1, -0.05) is 48.1 Å².